The predicted octanol–water partition coefficient (Wildman–Crippen LogP) is 2.95. The standard InChI is InChI=1S/C22H20N4O4S/c1-29-14-9-7-13(8-10-14)26-18(22(28)30-25-26)19(27)20-17(23)15-11-12-5-3-2-4-6-16(12)24-21(15)31-20/h7-11H,2-6H2,1H3,(H2-,23,25,27,28)/p+1. The topological polar surface area (TPSA) is 115 Å². The van der Waals surface area contributed by atoms with Crippen LogP contribution in [0.3, 0.4) is 0 Å². The number of carbonyl (C=O) groups is 1. The molecule has 3 heterocycles. The predicted molar refractivity (Wildman–Crippen MR) is 116 cm³/mol. The van der Waals surface area contributed by atoms with Crippen LogP contribution >= 0.6 is 11.3 Å². The third-order valence-electron chi connectivity index (χ3n) is 5.65. The van der Waals surface area contributed by atoms with Crippen LogP contribution in [0.2, 0.25) is 0 Å². The number of fused-ring (bicyclic) bond motifs is 2. The van der Waals surface area contributed by atoms with Gasteiger partial charge in [0.15, 0.2) is 0 Å². The summed E-state index contributed by atoms with van der Waals surface area (Å²) in [5, 5.41) is 3.27. The molecule has 0 bridgehead atoms. The third kappa shape index (κ3) is 3.31. The van der Waals surface area contributed by atoms with E-state index >= 15 is 0 Å². The quantitative estimate of drug-likeness (QED) is 0.288. The second-order valence-corrected chi connectivity index (χ2v) is 8.54. The molecule has 158 valence electrons. The zero-order valence-electron chi connectivity index (χ0n) is 16.9. The van der Waals surface area contributed by atoms with Crippen LogP contribution in [0.25, 0.3) is 15.9 Å². The lowest BCUT2D eigenvalue weighted by Gasteiger charge is -2.04. The molecule has 1 aromatic carbocycles. The van der Waals surface area contributed by atoms with Crippen molar-refractivity contribution >= 4 is 33.0 Å². The number of nitrogens with one attached hydrogen (secondary N) is 1. The van der Waals surface area contributed by atoms with Gasteiger partial charge in [-0.2, -0.15) is 0 Å². The summed E-state index contributed by atoms with van der Waals surface area (Å²) >= 11 is 1.22. The number of aromatic amines is 1. The van der Waals surface area contributed by atoms with Crippen LogP contribution in [0.1, 0.15) is 45.9 Å². The van der Waals surface area contributed by atoms with E-state index < -0.39 is 11.4 Å². The molecular formula is C22H21N4O4S+. The number of nitrogens with zero attached hydrogens (tertiary/aromatic N) is 2. The van der Waals surface area contributed by atoms with Gasteiger partial charge in [0.1, 0.15) is 15.5 Å². The molecule has 3 aromatic heterocycles. The van der Waals surface area contributed by atoms with Gasteiger partial charge >= 0.3 is 11.3 Å². The Kier molecular flexibility index (Phi) is 4.82. The first kappa shape index (κ1) is 19.5. The largest absolute Gasteiger partial charge is 0.497 e. The molecule has 1 aliphatic rings. The van der Waals surface area contributed by atoms with Gasteiger partial charge in [-0.1, -0.05) is 6.42 Å². The number of hydrogen-bond acceptors (Lipinski definition) is 7. The van der Waals surface area contributed by atoms with E-state index in [0.717, 1.165) is 41.6 Å². The lowest BCUT2D eigenvalue weighted by atomic mass is 10.1. The molecule has 0 radical (unpaired) electrons. The van der Waals surface area contributed by atoms with Gasteiger partial charge in [-0.25, -0.2) is 9.78 Å². The van der Waals surface area contributed by atoms with E-state index in [1.807, 2.05) is 0 Å². The Labute approximate surface area is 181 Å². The third-order valence-corrected chi connectivity index (χ3v) is 6.76. The fourth-order valence-electron chi connectivity index (χ4n) is 3.99. The molecule has 9 heteroatoms. The molecule has 0 saturated carbocycles. The van der Waals surface area contributed by atoms with Gasteiger partial charge in [0.05, 0.1) is 12.8 Å². The second-order valence-electron chi connectivity index (χ2n) is 7.54. The minimum Gasteiger partial charge on any atom is -0.497 e. The second kappa shape index (κ2) is 7.66. The van der Waals surface area contributed by atoms with Crippen LogP contribution in [0.4, 0.5) is 5.69 Å². The highest BCUT2D eigenvalue weighted by atomic mass is 32.1. The van der Waals surface area contributed by atoms with Gasteiger partial charge < -0.3 is 10.5 Å². The Hall–Kier alpha value is -3.46. The summed E-state index contributed by atoms with van der Waals surface area (Å²) in [6.07, 6.45) is 5.34. The molecule has 0 aliphatic heterocycles. The van der Waals surface area contributed by atoms with Crippen molar-refractivity contribution in [2.45, 2.75) is 32.1 Å². The molecule has 0 atom stereocenters. The van der Waals surface area contributed by atoms with Gasteiger partial charge in [0.2, 0.25) is 5.69 Å². The molecule has 8 nitrogen and oxygen atoms in total. The van der Waals surface area contributed by atoms with E-state index in [2.05, 4.69) is 11.3 Å². The molecule has 0 fully saturated rings. The Bertz CT molecular complexity index is 1350. The summed E-state index contributed by atoms with van der Waals surface area (Å²) in [6, 6.07) is 8.95. The van der Waals surface area contributed by atoms with Crippen molar-refractivity contribution in [3.63, 3.8) is 0 Å². The highest BCUT2D eigenvalue weighted by molar-refractivity contribution is 7.21. The minimum atomic E-state index is -0.763. The maximum atomic E-state index is 13.4. The van der Waals surface area contributed by atoms with Crippen LogP contribution < -0.4 is 20.8 Å². The van der Waals surface area contributed by atoms with Crippen molar-refractivity contribution in [3.05, 3.63) is 62.6 Å². The van der Waals surface area contributed by atoms with Crippen molar-refractivity contribution < 1.29 is 18.7 Å². The number of H-pyrrole nitrogens is 1. The number of hydrogen-bond donors (Lipinski definition) is 2. The van der Waals surface area contributed by atoms with E-state index in [9.17, 15) is 9.59 Å². The molecule has 31 heavy (non-hydrogen) atoms. The number of aryl methyl sites for hydroxylation is 2. The number of nitrogen functional groups attached to an aromatic ring is 1. The van der Waals surface area contributed by atoms with E-state index in [4.69, 9.17) is 20.0 Å². The maximum absolute atomic E-state index is 13.4. The van der Waals surface area contributed by atoms with Crippen LogP contribution in [-0.2, 0) is 12.8 Å². The molecule has 0 saturated heterocycles. The number of aromatic nitrogens is 3. The van der Waals surface area contributed by atoms with Crippen molar-refractivity contribution in [1.82, 2.24) is 10.3 Å². The number of rotatable bonds is 4. The van der Waals surface area contributed by atoms with Gasteiger partial charge in [0.25, 0.3) is 5.78 Å². The molecule has 3 N–H and O–H groups in total. The number of methoxy groups -OCH3 is 1. The Morgan fingerprint density at radius 2 is 2.00 bits per heavy atom. The number of ketones is 1. The summed E-state index contributed by atoms with van der Waals surface area (Å²) < 4.78 is 11.4. The number of nitrogens with two attached hydrogens (primary N) is 1. The van der Waals surface area contributed by atoms with Crippen molar-refractivity contribution in [1.29, 1.82) is 0 Å². The van der Waals surface area contributed by atoms with Gasteiger partial charge in [-0.15, -0.1) is 11.3 Å². The molecular weight excluding hydrogens is 416 g/mol. The first-order valence-electron chi connectivity index (χ1n) is 10.1. The molecule has 0 spiro atoms. The highest BCUT2D eigenvalue weighted by Crippen LogP contribution is 2.36. The average molecular weight is 438 g/mol. The lowest BCUT2D eigenvalue weighted by Crippen LogP contribution is -2.41. The summed E-state index contributed by atoms with van der Waals surface area (Å²) in [5.74, 6) is 0.157. The molecule has 1 aliphatic carbocycles. The van der Waals surface area contributed by atoms with Crippen LogP contribution in [-0.4, -0.2) is 23.1 Å². The Morgan fingerprint density at radius 3 is 2.77 bits per heavy atom. The van der Waals surface area contributed by atoms with Crippen LogP contribution in [0.5, 0.6) is 5.75 Å². The first-order valence-corrected chi connectivity index (χ1v) is 10.9. The molecule has 5 rings (SSSR count). The van der Waals surface area contributed by atoms with E-state index in [1.54, 1.807) is 31.4 Å². The average Bonchev–Trinajstić information content (AvgIpc) is 3.22. The number of thiophene rings is 1. The molecule has 4 aromatic rings. The normalized spacial score (nSPS) is 13.7. The van der Waals surface area contributed by atoms with Crippen LogP contribution in [0.15, 0.2) is 39.6 Å². The van der Waals surface area contributed by atoms with Crippen molar-refractivity contribution in [3.8, 4) is 11.4 Å². The van der Waals surface area contributed by atoms with E-state index in [0.29, 0.717) is 17.1 Å². The van der Waals surface area contributed by atoms with Gasteiger partial charge in [0, 0.05) is 23.2 Å². The number of anilines is 1. The number of carbonyl (C=O) groups excluding carboxylic acids is 1. The highest BCUT2D eigenvalue weighted by Gasteiger charge is 2.34. The van der Waals surface area contributed by atoms with E-state index in [-0.39, 0.29) is 10.6 Å². The number of pyridine rings is 1. The fourth-order valence-corrected chi connectivity index (χ4v) is 5.03. The van der Waals surface area contributed by atoms with Crippen molar-refractivity contribution in [2.75, 3.05) is 12.8 Å². The lowest BCUT2D eigenvalue weighted by molar-refractivity contribution is -0.672. The van der Waals surface area contributed by atoms with E-state index in [1.165, 1.54) is 28.0 Å². The maximum Gasteiger partial charge on any atom is 0.439 e. The summed E-state index contributed by atoms with van der Waals surface area (Å²) in [5.41, 5.74) is 8.65. The summed E-state index contributed by atoms with van der Waals surface area (Å²) in [6.45, 7) is 0. The van der Waals surface area contributed by atoms with Crippen molar-refractivity contribution in [2.24, 2.45) is 0 Å². The number of ether oxygens (including phenoxy) is 1. The molecule has 0 amide bonds. The smallest absolute Gasteiger partial charge is 0.439 e. The monoisotopic (exact) mass is 437 g/mol. The minimum absolute atomic E-state index is 0.148. The summed E-state index contributed by atoms with van der Waals surface area (Å²) in [4.78, 5) is 31.6. The SMILES string of the molecule is COc1ccc(-[n+]2[nH]oc(=O)c2C(=O)c2sc3nc4c(cc3c2N)CCCCC4)cc1. The Balaban J connectivity index is 1.60. The zero-order valence-corrected chi connectivity index (χ0v) is 17.8. The van der Waals surface area contributed by atoms with Crippen LogP contribution in [0, 0.1) is 0 Å². The van der Waals surface area contributed by atoms with Gasteiger partial charge in [-0.05, 0) is 59.4 Å². The van der Waals surface area contributed by atoms with Gasteiger partial charge in [-0.3, -0.25) is 9.32 Å². The summed E-state index contributed by atoms with van der Waals surface area (Å²) in [7, 11) is 1.56. The fraction of sp³-hybridized carbons (Fsp3) is 0.273. The Morgan fingerprint density at radius 1 is 1.23 bits per heavy atom. The molecule has 0 unspecified atom stereocenters. The number of benzene rings is 1. The first-order chi connectivity index (χ1) is 15.1. The zero-order chi connectivity index (χ0) is 21.5.